The summed E-state index contributed by atoms with van der Waals surface area (Å²) in [4.78, 5) is 25.2. The van der Waals surface area contributed by atoms with Gasteiger partial charge in [0.1, 0.15) is 13.2 Å². The van der Waals surface area contributed by atoms with Crippen molar-refractivity contribution >= 4 is 13.7 Å². The van der Waals surface area contributed by atoms with Gasteiger partial charge in [-0.1, -0.05) is 143 Å². The second kappa shape index (κ2) is 37.0. The summed E-state index contributed by atoms with van der Waals surface area (Å²) in [6.45, 7) is 4.33. The number of nitrogens with zero attached hydrogens (tertiary/aromatic N) is 1. The lowest BCUT2D eigenvalue weighted by Crippen LogP contribution is -2.45. The molecule has 3 unspecified atom stereocenters. The number of amides is 1. The highest BCUT2D eigenvalue weighted by Crippen LogP contribution is 2.38. The number of hydrogen-bond acceptors (Lipinski definition) is 6. The number of carbonyl (C=O) groups excluding carboxylic acids is 1. The zero-order valence-electron chi connectivity index (χ0n) is 35.3. The van der Waals surface area contributed by atoms with E-state index in [1.165, 1.54) is 19.3 Å². The van der Waals surface area contributed by atoms with E-state index in [-0.39, 0.29) is 12.5 Å². The Kier molecular flexibility index (Phi) is 35.3. The lowest BCUT2D eigenvalue weighted by molar-refractivity contribution is -0.870. The summed E-state index contributed by atoms with van der Waals surface area (Å²) in [6, 6.07) is -0.920. The number of phosphoric acid groups is 1. The Morgan fingerprint density at radius 2 is 1.07 bits per heavy atom. The Morgan fingerprint density at radius 3 is 1.62 bits per heavy atom. The zero-order valence-corrected chi connectivity index (χ0v) is 36.2. The lowest BCUT2D eigenvalue weighted by Gasteiger charge is -2.29. The number of hydrogen-bond donors (Lipinski definition) is 2. The van der Waals surface area contributed by atoms with Crippen LogP contribution in [0, 0.1) is 0 Å². The van der Waals surface area contributed by atoms with E-state index in [1.54, 1.807) is 6.08 Å². The van der Waals surface area contributed by atoms with E-state index < -0.39 is 26.6 Å². The molecule has 3 atom stereocenters. The lowest BCUT2D eigenvalue weighted by atomic mass is 10.1. The first-order valence-corrected chi connectivity index (χ1v) is 22.6. The molecular weight excluding hydrogens is 707 g/mol. The average molecular weight is 787 g/mol. The molecule has 0 aromatic rings. The summed E-state index contributed by atoms with van der Waals surface area (Å²) in [5.41, 5.74) is 0. The van der Waals surface area contributed by atoms with Gasteiger partial charge in [0.2, 0.25) is 5.91 Å². The van der Waals surface area contributed by atoms with Crippen LogP contribution in [0.25, 0.3) is 0 Å². The van der Waals surface area contributed by atoms with E-state index in [4.69, 9.17) is 9.05 Å². The molecule has 0 saturated carbocycles. The predicted molar refractivity (Wildman–Crippen MR) is 233 cm³/mol. The molecule has 0 fully saturated rings. The second-order valence-electron chi connectivity index (χ2n) is 14.9. The van der Waals surface area contributed by atoms with Crippen molar-refractivity contribution in [2.75, 3.05) is 40.9 Å². The largest absolute Gasteiger partial charge is 0.756 e. The normalized spacial score (nSPS) is 15.4. The number of quaternary nitrogens is 1. The molecule has 0 rings (SSSR count). The maximum atomic E-state index is 12.8. The van der Waals surface area contributed by atoms with E-state index in [9.17, 15) is 19.4 Å². The number of likely N-dealkylation sites (N-methyl/N-ethyl adjacent to an activating group) is 1. The molecule has 0 spiro atoms. The van der Waals surface area contributed by atoms with Crippen LogP contribution in [0.2, 0.25) is 0 Å². The molecule has 2 N–H and O–H groups in total. The minimum atomic E-state index is -4.60. The van der Waals surface area contributed by atoms with Crippen molar-refractivity contribution in [1.82, 2.24) is 5.32 Å². The molecule has 55 heavy (non-hydrogen) atoms. The first-order chi connectivity index (χ1) is 26.5. The Hall–Kier alpha value is -2.58. The van der Waals surface area contributed by atoms with Gasteiger partial charge in [0.25, 0.3) is 7.82 Å². The van der Waals surface area contributed by atoms with Crippen molar-refractivity contribution < 1.29 is 32.9 Å². The number of aliphatic hydroxyl groups excluding tert-OH is 1. The Labute approximate surface area is 337 Å². The van der Waals surface area contributed by atoms with Crippen LogP contribution in [0.1, 0.15) is 136 Å². The molecule has 0 heterocycles. The summed E-state index contributed by atoms with van der Waals surface area (Å²) in [5, 5.41) is 13.7. The molecule has 0 saturated heterocycles. The van der Waals surface area contributed by atoms with Gasteiger partial charge in [-0.05, 0) is 83.5 Å². The summed E-state index contributed by atoms with van der Waals surface area (Å²) < 4.78 is 23.1. The van der Waals surface area contributed by atoms with Crippen LogP contribution in [0.4, 0.5) is 0 Å². The van der Waals surface area contributed by atoms with Gasteiger partial charge >= 0.3 is 0 Å². The highest BCUT2D eigenvalue weighted by atomic mass is 31.2. The molecule has 1 amide bonds. The molecule has 0 aromatic heterocycles. The van der Waals surface area contributed by atoms with Crippen molar-refractivity contribution in [3.63, 3.8) is 0 Å². The Bertz CT molecular complexity index is 1210. The van der Waals surface area contributed by atoms with E-state index >= 15 is 0 Å². The number of unbranched alkanes of at least 4 members (excludes halogenated alkanes) is 9. The van der Waals surface area contributed by atoms with Crippen LogP contribution in [-0.4, -0.2) is 68.5 Å². The smallest absolute Gasteiger partial charge is 0.268 e. The summed E-state index contributed by atoms with van der Waals surface area (Å²) in [6.07, 6.45) is 51.8. The third kappa shape index (κ3) is 39.5. The second-order valence-corrected chi connectivity index (χ2v) is 16.3. The molecule has 0 radical (unpaired) electrons. The SMILES string of the molecule is CC/C=C\C/C=C\C/C=C\C/C=C\C/C=C\CCCCCCCCCC(=O)NC(COP(=O)([O-])OCC[N+](C)(C)C)C(O)/C=C/CC/C=C/CC/C=C/CC. The monoisotopic (exact) mass is 787 g/mol. The van der Waals surface area contributed by atoms with Crippen LogP contribution in [0.5, 0.6) is 0 Å². The summed E-state index contributed by atoms with van der Waals surface area (Å²) >= 11 is 0. The predicted octanol–water partition coefficient (Wildman–Crippen LogP) is 10.9. The van der Waals surface area contributed by atoms with Crippen LogP contribution in [0.15, 0.2) is 97.2 Å². The van der Waals surface area contributed by atoms with Crippen molar-refractivity contribution in [3.05, 3.63) is 97.2 Å². The first-order valence-electron chi connectivity index (χ1n) is 21.1. The van der Waals surface area contributed by atoms with E-state index in [0.29, 0.717) is 17.4 Å². The average Bonchev–Trinajstić information content (AvgIpc) is 3.13. The van der Waals surface area contributed by atoms with Gasteiger partial charge in [-0.2, -0.15) is 0 Å². The molecule has 0 aromatic carbocycles. The van der Waals surface area contributed by atoms with Crippen molar-refractivity contribution in [1.29, 1.82) is 0 Å². The van der Waals surface area contributed by atoms with Crippen LogP contribution in [-0.2, 0) is 18.4 Å². The molecule has 314 valence electrons. The number of nitrogens with one attached hydrogen (secondary N) is 1. The van der Waals surface area contributed by atoms with Crippen molar-refractivity contribution in [2.45, 2.75) is 148 Å². The Morgan fingerprint density at radius 1 is 0.636 bits per heavy atom. The van der Waals surface area contributed by atoms with Gasteiger partial charge in [-0.25, -0.2) is 0 Å². The molecule has 0 aliphatic carbocycles. The van der Waals surface area contributed by atoms with Gasteiger partial charge in [0.05, 0.1) is 39.9 Å². The zero-order chi connectivity index (χ0) is 40.7. The summed E-state index contributed by atoms with van der Waals surface area (Å²) in [7, 11) is 1.20. The molecule has 0 aliphatic heterocycles. The van der Waals surface area contributed by atoms with E-state index in [2.05, 4.69) is 104 Å². The van der Waals surface area contributed by atoms with Gasteiger partial charge in [0, 0.05) is 6.42 Å². The number of phosphoric ester groups is 1. The fourth-order valence-corrected chi connectivity index (χ4v) is 5.94. The quantitative estimate of drug-likeness (QED) is 0.0283. The molecule has 0 bridgehead atoms. The minimum Gasteiger partial charge on any atom is -0.756 e. The van der Waals surface area contributed by atoms with E-state index in [0.717, 1.165) is 96.3 Å². The minimum absolute atomic E-state index is 0.0174. The van der Waals surface area contributed by atoms with Crippen LogP contribution >= 0.6 is 7.82 Å². The third-order valence-corrected chi connectivity index (χ3v) is 9.48. The molecule has 9 heteroatoms. The maximum Gasteiger partial charge on any atom is 0.268 e. The molecule has 0 aliphatic rings. The number of aliphatic hydroxyl groups is 1. The van der Waals surface area contributed by atoms with Crippen molar-refractivity contribution in [3.8, 4) is 0 Å². The van der Waals surface area contributed by atoms with Crippen molar-refractivity contribution in [2.24, 2.45) is 0 Å². The van der Waals surface area contributed by atoms with Gasteiger partial charge in [0.15, 0.2) is 0 Å². The fraction of sp³-hybridized carbons (Fsp3) is 0.630. The number of carbonyl (C=O) groups is 1. The fourth-order valence-electron chi connectivity index (χ4n) is 5.22. The first kappa shape index (κ1) is 52.4. The van der Waals surface area contributed by atoms with Gasteiger partial charge in [-0.3, -0.25) is 9.36 Å². The third-order valence-electron chi connectivity index (χ3n) is 8.52. The standard InChI is InChI=1S/C46H79N2O6P/c1-6-8-10-12-14-16-18-19-20-21-22-23-24-25-26-27-28-29-30-32-34-36-38-40-46(50)47-44(43-54-55(51,52)53-42-41-48(3,4)5)45(49)39-37-35-33-31-17-15-13-11-9-7-2/h8-11,14,16-17,19-20,22-23,25-26,31,37,39,44-45,49H,6-7,12-13,15,18,21,24,27-30,32-36,38,40-43H2,1-5H3,(H-,47,50,51,52)/b10-8-,11-9+,16-14-,20-19-,23-22-,26-25-,31-17+,39-37+. The number of allylic oxidation sites excluding steroid dienone is 15. The topological polar surface area (TPSA) is 108 Å². The molecular formula is C46H79N2O6P. The van der Waals surface area contributed by atoms with Crippen LogP contribution in [0.3, 0.4) is 0 Å². The van der Waals surface area contributed by atoms with E-state index in [1.807, 2.05) is 27.2 Å². The molecule has 8 nitrogen and oxygen atoms in total. The maximum absolute atomic E-state index is 12.8. The van der Waals surface area contributed by atoms with Gasteiger partial charge < -0.3 is 28.8 Å². The number of rotatable bonds is 36. The summed E-state index contributed by atoms with van der Waals surface area (Å²) in [5.74, 6) is -0.232. The highest BCUT2D eigenvalue weighted by Gasteiger charge is 2.23. The van der Waals surface area contributed by atoms with Gasteiger partial charge in [-0.15, -0.1) is 0 Å². The highest BCUT2D eigenvalue weighted by molar-refractivity contribution is 7.45. The Balaban J connectivity index is 4.40. The van der Waals surface area contributed by atoms with Crippen LogP contribution < -0.4 is 10.2 Å².